The quantitative estimate of drug-likeness (QED) is 0.579. The molecule has 2 aromatic rings. The van der Waals surface area contributed by atoms with Gasteiger partial charge in [0.15, 0.2) is 0 Å². The van der Waals surface area contributed by atoms with Crippen molar-refractivity contribution in [2.75, 3.05) is 5.73 Å². The Bertz CT molecular complexity index is 512. The first kappa shape index (κ1) is 9.78. The second-order valence-corrected chi connectivity index (χ2v) is 3.79. The molecule has 0 saturated heterocycles. The number of benzene rings is 2. The van der Waals surface area contributed by atoms with Gasteiger partial charge in [-0.15, -0.1) is 6.58 Å². The number of anilines is 1. The van der Waals surface area contributed by atoms with Crippen LogP contribution in [0.5, 0.6) is 0 Å². The molecule has 2 aromatic carbocycles. The van der Waals surface area contributed by atoms with Crippen LogP contribution in [-0.2, 0) is 6.42 Å². The van der Waals surface area contributed by atoms with E-state index in [0.29, 0.717) is 0 Å². The minimum absolute atomic E-state index is 0.876. The van der Waals surface area contributed by atoms with Gasteiger partial charge in [-0.1, -0.05) is 36.4 Å². The Morgan fingerprint density at radius 2 is 2.07 bits per heavy atom. The fourth-order valence-corrected chi connectivity index (χ4v) is 1.91. The summed E-state index contributed by atoms with van der Waals surface area (Å²) in [6, 6.07) is 10.4. The minimum atomic E-state index is 0.876. The molecule has 0 heterocycles. The summed E-state index contributed by atoms with van der Waals surface area (Å²) in [6.07, 6.45) is 2.79. The van der Waals surface area contributed by atoms with Gasteiger partial charge in [0, 0.05) is 11.1 Å². The van der Waals surface area contributed by atoms with Crippen LogP contribution in [0.1, 0.15) is 11.1 Å². The zero-order valence-corrected chi connectivity index (χ0v) is 8.96. The van der Waals surface area contributed by atoms with Crippen LogP contribution in [0, 0.1) is 6.92 Å². The highest BCUT2D eigenvalue weighted by atomic mass is 14.6. The third kappa shape index (κ3) is 1.61. The molecule has 2 rings (SSSR count). The zero-order chi connectivity index (χ0) is 10.8. The SMILES string of the molecule is C=CCc1cc2ccccc2c(N)c1C. The fourth-order valence-electron chi connectivity index (χ4n) is 1.91. The number of hydrogen-bond acceptors (Lipinski definition) is 1. The normalized spacial score (nSPS) is 10.5. The molecule has 0 aliphatic carbocycles. The van der Waals surface area contributed by atoms with Gasteiger partial charge >= 0.3 is 0 Å². The van der Waals surface area contributed by atoms with E-state index in [1.165, 1.54) is 16.5 Å². The summed E-state index contributed by atoms with van der Waals surface area (Å²) in [7, 11) is 0. The third-order valence-electron chi connectivity index (χ3n) is 2.83. The molecule has 0 spiro atoms. The predicted octanol–water partition coefficient (Wildman–Crippen LogP) is 3.46. The van der Waals surface area contributed by atoms with E-state index in [4.69, 9.17) is 5.73 Å². The molecule has 0 atom stereocenters. The molecule has 0 radical (unpaired) electrons. The van der Waals surface area contributed by atoms with Crippen LogP contribution in [0.15, 0.2) is 43.0 Å². The Balaban J connectivity index is 2.76. The van der Waals surface area contributed by atoms with Crippen molar-refractivity contribution in [1.82, 2.24) is 0 Å². The van der Waals surface area contributed by atoms with Gasteiger partial charge in [-0.3, -0.25) is 0 Å². The predicted molar refractivity (Wildman–Crippen MR) is 67.0 cm³/mol. The topological polar surface area (TPSA) is 26.0 Å². The average molecular weight is 197 g/mol. The largest absolute Gasteiger partial charge is 0.398 e. The van der Waals surface area contributed by atoms with Crippen molar-refractivity contribution >= 4 is 16.5 Å². The van der Waals surface area contributed by atoms with E-state index in [9.17, 15) is 0 Å². The van der Waals surface area contributed by atoms with Crippen LogP contribution < -0.4 is 5.73 Å². The molecule has 76 valence electrons. The zero-order valence-electron chi connectivity index (χ0n) is 8.96. The Morgan fingerprint density at radius 1 is 1.33 bits per heavy atom. The van der Waals surface area contributed by atoms with Gasteiger partial charge < -0.3 is 5.73 Å². The highest BCUT2D eigenvalue weighted by molar-refractivity contribution is 5.95. The van der Waals surface area contributed by atoms with Crippen molar-refractivity contribution < 1.29 is 0 Å². The highest BCUT2D eigenvalue weighted by Gasteiger charge is 2.05. The van der Waals surface area contributed by atoms with Crippen LogP contribution in [0.2, 0.25) is 0 Å². The van der Waals surface area contributed by atoms with E-state index in [-0.39, 0.29) is 0 Å². The average Bonchev–Trinajstić information content (AvgIpc) is 2.26. The number of hydrogen-bond donors (Lipinski definition) is 1. The number of nitrogen functional groups attached to an aromatic ring is 1. The second kappa shape index (κ2) is 3.77. The molecular weight excluding hydrogens is 182 g/mol. The van der Waals surface area contributed by atoms with Crippen LogP contribution in [-0.4, -0.2) is 0 Å². The molecule has 0 bridgehead atoms. The Morgan fingerprint density at radius 3 is 2.80 bits per heavy atom. The first-order valence-corrected chi connectivity index (χ1v) is 5.11. The Hall–Kier alpha value is -1.76. The van der Waals surface area contributed by atoms with Crippen molar-refractivity contribution in [3.8, 4) is 0 Å². The van der Waals surface area contributed by atoms with Gasteiger partial charge in [-0.25, -0.2) is 0 Å². The lowest BCUT2D eigenvalue weighted by molar-refractivity contribution is 1.23. The first-order valence-electron chi connectivity index (χ1n) is 5.11. The Kier molecular flexibility index (Phi) is 2.46. The molecule has 15 heavy (non-hydrogen) atoms. The van der Waals surface area contributed by atoms with Crippen LogP contribution in [0.25, 0.3) is 10.8 Å². The lowest BCUT2D eigenvalue weighted by Gasteiger charge is -2.10. The maximum atomic E-state index is 6.12. The van der Waals surface area contributed by atoms with Crippen molar-refractivity contribution in [3.05, 3.63) is 54.1 Å². The molecule has 0 aromatic heterocycles. The van der Waals surface area contributed by atoms with Crippen LogP contribution >= 0.6 is 0 Å². The molecule has 0 amide bonds. The van der Waals surface area contributed by atoms with Gasteiger partial charge in [0.2, 0.25) is 0 Å². The van der Waals surface area contributed by atoms with Crippen molar-refractivity contribution in [2.24, 2.45) is 0 Å². The molecule has 0 aliphatic rings. The lowest BCUT2D eigenvalue weighted by atomic mass is 9.97. The van der Waals surface area contributed by atoms with Gasteiger partial charge in [0.1, 0.15) is 0 Å². The van der Waals surface area contributed by atoms with E-state index < -0.39 is 0 Å². The summed E-state index contributed by atoms with van der Waals surface area (Å²) in [5.74, 6) is 0. The Labute approximate surface area is 90.2 Å². The van der Waals surface area contributed by atoms with Crippen molar-refractivity contribution in [2.45, 2.75) is 13.3 Å². The smallest absolute Gasteiger partial charge is 0.0426 e. The van der Waals surface area contributed by atoms with Gasteiger partial charge in [-0.2, -0.15) is 0 Å². The molecule has 2 N–H and O–H groups in total. The number of allylic oxidation sites excluding steroid dienone is 1. The standard InChI is InChI=1S/C14H15N/c1-3-6-11-9-12-7-4-5-8-13(12)14(15)10(11)2/h3-5,7-9H,1,6,15H2,2H3. The van der Waals surface area contributed by atoms with Crippen molar-refractivity contribution in [1.29, 1.82) is 0 Å². The summed E-state index contributed by atoms with van der Waals surface area (Å²) in [5.41, 5.74) is 9.45. The van der Waals surface area contributed by atoms with E-state index in [0.717, 1.165) is 17.5 Å². The number of fused-ring (bicyclic) bond motifs is 1. The monoisotopic (exact) mass is 197 g/mol. The fraction of sp³-hybridized carbons (Fsp3) is 0.143. The highest BCUT2D eigenvalue weighted by Crippen LogP contribution is 2.27. The number of rotatable bonds is 2. The summed E-state index contributed by atoms with van der Waals surface area (Å²) < 4.78 is 0. The number of nitrogens with two attached hydrogens (primary N) is 1. The van der Waals surface area contributed by atoms with E-state index in [1.54, 1.807) is 0 Å². The lowest BCUT2D eigenvalue weighted by Crippen LogP contribution is -1.96. The van der Waals surface area contributed by atoms with Crippen LogP contribution in [0.3, 0.4) is 0 Å². The molecule has 1 nitrogen and oxygen atoms in total. The third-order valence-corrected chi connectivity index (χ3v) is 2.83. The van der Waals surface area contributed by atoms with E-state index in [2.05, 4.69) is 31.7 Å². The first-order chi connectivity index (χ1) is 7.24. The molecule has 1 heteroatoms. The van der Waals surface area contributed by atoms with Crippen molar-refractivity contribution in [3.63, 3.8) is 0 Å². The molecule has 0 unspecified atom stereocenters. The summed E-state index contributed by atoms with van der Waals surface area (Å²) >= 11 is 0. The summed E-state index contributed by atoms with van der Waals surface area (Å²) in [4.78, 5) is 0. The molecular formula is C14H15N. The van der Waals surface area contributed by atoms with E-state index >= 15 is 0 Å². The van der Waals surface area contributed by atoms with Gasteiger partial charge in [-0.05, 0) is 29.9 Å². The molecule has 0 aliphatic heterocycles. The summed E-state index contributed by atoms with van der Waals surface area (Å²) in [5, 5.41) is 2.35. The second-order valence-electron chi connectivity index (χ2n) is 3.79. The minimum Gasteiger partial charge on any atom is -0.398 e. The summed E-state index contributed by atoms with van der Waals surface area (Å²) in [6.45, 7) is 5.84. The maximum absolute atomic E-state index is 6.12. The molecule has 0 fully saturated rings. The maximum Gasteiger partial charge on any atom is 0.0426 e. The van der Waals surface area contributed by atoms with Gasteiger partial charge in [0.05, 0.1) is 0 Å². The molecule has 0 saturated carbocycles. The van der Waals surface area contributed by atoms with Crippen LogP contribution in [0.4, 0.5) is 5.69 Å². The van der Waals surface area contributed by atoms with Gasteiger partial charge in [0.25, 0.3) is 0 Å². The van der Waals surface area contributed by atoms with E-state index in [1.807, 2.05) is 18.2 Å².